The third-order valence-electron chi connectivity index (χ3n) is 5.51. The largest absolute Gasteiger partial charge is 0.450 e. The summed E-state index contributed by atoms with van der Waals surface area (Å²) in [6.45, 7) is 2.75. The predicted octanol–water partition coefficient (Wildman–Crippen LogP) is 4.26. The predicted molar refractivity (Wildman–Crippen MR) is 125 cm³/mol. The van der Waals surface area contributed by atoms with E-state index in [0.717, 1.165) is 35.7 Å². The van der Waals surface area contributed by atoms with Crippen molar-refractivity contribution >= 4 is 28.7 Å². The average Bonchev–Trinajstić information content (AvgIpc) is 3.53. The van der Waals surface area contributed by atoms with Crippen molar-refractivity contribution in [3.63, 3.8) is 0 Å². The Morgan fingerprint density at radius 1 is 0.939 bits per heavy atom. The number of anilines is 3. The van der Waals surface area contributed by atoms with Crippen LogP contribution >= 0.6 is 0 Å². The first-order valence-corrected chi connectivity index (χ1v) is 10.8. The molecule has 2 N–H and O–H groups in total. The van der Waals surface area contributed by atoms with Crippen LogP contribution in [0.15, 0.2) is 71.4 Å². The molecule has 0 saturated carbocycles. The van der Waals surface area contributed by atoms with E-state index in [0.29, 0.717) is 41.8 Å². The number of fused-ring (bicyclic) bond motifs is 1. The molecule has 9 heteroatoms. The van der Waals surface area contributed by atoms with E-state index in [-0.39, 0.29) is 0 Å². The molecule has 1 aliphatic rings. The lowest BCUT2D eigenvalue weighted by Crippen LogP contribution is -2.37. The molecule has 33 heavy (non-hydrogen) atoms. The molecule has 1 aliphatic heterocycles. The topological polar surface area (TPSA) is 105 Å². The van der Waals surface area contributed by atoms with E-state index < -0.39 is 0 Å². The van der Waals surface area contributed by atoms with Crippen molar-refractivity contribution in [2.75, 3.05) is 36.5 Å². The minimum absolute atomic E-state index is 0.452. The number of benzene rings is 1. The maximum atomic E-state index is 6.21. The first-order chi connectivity index (χ1) is 16.3. The highest BCUT2D eigenvalue weighted by Crippen LogP contribution is 2.33. The molecule has 1 fully saturated rings. The van der Waals surface area contributed by atoms with E-state index in [9.17, 15) is 0 Å². The lowest BCUT2D eigenvalue weighted by Gasteiger charge is -2.27. The van der Waals surface area contributed by atoms with Crippen LogP contribution in [0.3, 0.4) is 0 Å². The Morgan fingerprint density at radius 2 is 1.79 bits per heavy atom. The van der Waals surface area contributed by atoms with Crippen molar-refractivity contribution in [1.82, 2.24) is 25.1 Å². The molecule has 0 bridgehead atoms. The van der Waals surface area contributed by atoms with Crippen LogP contribution in [-0.4, -0.2) is 51.5 Å². The van der Waals surface area contributed by atoms with Gasteiger partial charge in [-0.2, -0.15) is 10.1 Å². The summed E-state index contributed by atoms with van der Waals surface area (Å²) in [5.74, 6) is 2.52. The van der Waals surface area contributed by atoms with Crippen molar-refractivity contribution in [2.45, 2.75) is 0 Å². The highest BCUT2D eigenvalue weighted by Gasteiger charge is 2.22. The van der Waals surface area contributed by atoms with E-state index in [1.54, 1.807) is 12.4 Å². The zero-order valence-corrected chi connectivity index (χ0v) is 17.7. The summed E-state index contributed by atoms with van der Waals surface area (Å²) >= 11 is 0. The van der Waals surface area contributed by atoms with Crippen molar-refractivity contribution in [1.29, 1.82) is 0 Å². The molecule has 1 aromatic carbocycles. The van der Waals surface area contributed by atoms with E-state index in [4.69, 9.17) is 19.1 Å². The zero-order chi connectivity index (χ0) is 22.0. The number of furan rings is 1. The molecule has 6 rings (SSSR count). The number of pyridine rings is 1. The van der Waals surface area contributed by atoms with Gasteiger partial charge in [0.25, 0.3) is 0 Å². The van der Waals surface area contributed by atoms with Gasteiger partial charge in [0.05, 0.1) is 18.9 Å². The minimum atomic E-state index is 0.452. The number of aromatic amines is 1. The summed E-state index contributed by atoms with van der Waals surface area (Å²) in [4.78, 5) is 15.9. The lowest BCUT2D eigenvalue weighted by molar-refractivity contribution is 0.122. The average molecular weight is 439 g/mol. The Kier molecular flexibility index (Phi) is 4.93. The van der Waals surface area contributed by atoms with E-state index >= 15 is 0 Å². The fraction of sp³-hybridized carbons (Fsp3) is 0.167. The Morgan fingerprint density at radius 3 is 2.61 bits per heavy atom. The second-order valence-corrected chi connectivity index (χ2v) is 7.69. The SMILES string of the molecule is c1ccc(-c2cc(Nc3nc(N4CCOCC4)c4oc(-c5cccnc5)cc4n3)n[nH]2)cc1. The molecule has 1 saturated heterocycles. The van der Waals surface area contributed by atoms with Gasteiger partial charge in [-0.25, -0.2) is 4.98 Å². The van der Waals surface area contributed by atoms with Gasteiger partial charge in [0.15, 0.2) is 17.2 Å². The third-order valence-corrected chi connectivity index (χ3v) is 5.51. The maximum Gasteiger partial charge on any atom is 0.231 e. The third kappa shape index (κ3) is 3.90. The molecule has 4 aromatic heterocycles. The Labute approximate surface area is 189 Å². The summed E-state index contributed by atoms with van der Waals surface area (Å²) in [5, 5.41) is 10.7. The van der Waals surface area contributed by atoms with Gasteiger partial charge < -0.3 is 19.4 Å². The second kappa shape index (κ2) is 8.36. The molecular formula is C24H21N7O2. The highest BCUT2D eigenvalue weighted by atomic mass is 16.5. The summed E-state index contributed by atoms with van der Waals surface area (Å²) in [5.41, 5.74) is 4.21. The Balaban J connectivity index is 1.38. The molecule has 0 amide bonds. The number of hydrogen-bond acceptors (Lipinski definition) is 8. The zero-order valence-electron chi connectivity index (χ0n) is 17.7. The maximum absolute atomic E-state index is 6.21. The van der Waals surface area contributed by atoms with E-state index in [2.05, 4.69) is 25.4 Å². The fourth-order valence-corrected chi connectivity index (χ4v) is 3.88. The van der Waals surface area contributed by atoms with Crippen LogP contribution in [0.25, 0.3) is 33.7 Å². The summed E-state index contributed by atoms with van der Waals surface area (Å²) in [7, 11) is 0. The molecule has 0 unspecified atom stereocenters. The van der Waals surface area contributed by atoms with Gasteiger partial charge in [-0.3, -0.25) is 10.1 Å². The van der Waals surface area contributed by atoms with Crippen LogP contribution in [0.4, 0.5) is 17.6 Å². The number of nitrogens with one attached hydrogen (secondary N) is 2. The molecule has 5 heterocycles. The van der Waals surface area contributed by atoms with Gasteiger partial charge in [-0.15, -0.1) is 0 Å². The van der Waals surface area contributed by atoms with Gasteiger partial charge in [-0.1, -0.05) is 30.3 Å². The highest BCUT2D eigenvalue weighted by molar-refractivity contribution is 5.89. The fourth-order valence-electron chi connectivity index (χ4n) is 3.88. The van der Waals surface area contributed by atoms with E-state index in [1.165, 1.54) is 0 Å². The quantitative estimate of drug-likeness (QED) is 0.419. The normalized spacial score (nSPS) is 14.0. The lowest BCUT2D eigenvalue weighted by atomic mass is 10.2. The van der Waals surface area contributed by atoms with Crippen molar-refractivity contribution in [3.05, 3.63) is 67.0 Å². The van der Waals surface area contributed by atoms with Gasteiger partial charge in [0.1, 0.15) is 11.3 Å². The molecule has 0 spiro atoms. The van der Waals surface area contributed by atoms with Gasteiger partial charge in [0.2, 0.25) is 5.95 Å². The molecule has 9 nitrogen and oxygen atoms in total. The van der Waals surface area contributed by atoms with E-state index in [1.807, 2.05) is 54.6 Å². The van der Waals surface area contributed by atoms with Crippen LogP contribution in [0.1, 0.15) is 0 Å². The molecule has 164 valence electrons. The first-order valence-electron chi connectivity index (χ1n) is 10.8. The van der Waals surface area contributed by atoms with Gasteiger partial charge in [-0.05, 0) is 17.7 Å². The van der Waals surface area contributed by atoms with Crippen molar-refractivity contribution < 1.29 is 9.15 Å². The van der Waals surface area contributed by atoms with Crippen LogP contribution in [-0.2, 0) is 4.74 Å². The molecular weight excluding hydrogens is 418 g/mol. The molecule has 0 radical (unpaired) electrons. The molecule has 0 atom stereocenters. The summed E-state index contributed by atoms with van der Waals surface area (Å²) in [6.07, 6.45) is 3.51. The number of H-pyrrole nitrogens is 1. The van der Waals surface area contributed by atoms with Crippen LogP contribution in [0.5, 0.6) is 0 Å². The molecule has 0 aliphatic carbocycles. The smallest absolute Gasteiger partial charge is 0.231 e. The standard InChI is InChI=1S/C24H21N7O2/c1-2-5-16(6-3-1)18-14-21(30-29-18)27-24-26-19-13-20(17-7-4-8-25-15-17)33-22(19)23(28-24)31-9-11-32-12-10-31/h1-8,13-15H,9-12H2,(H2,26,27,28,29,30). The number of nitrogens with zero attached hydrogens (tertiary/aromatic N) is 5. The van der Waals surface area contributed by atoms with Crippen molar-refractivity contribution in [2.24, 2.45) is 0 Å². The van der Waals surface area contributed by atoms with Crippen LogP contribution < -0.4 is 10.2 Å². The Hall–Kier alpha value is -4.24. The number of rotatable bonds is 5. The van der Waals surface area contributed by atoms with Crippen LogP contribution in [0, 0.1) is 0 Å². The number of aromatic nitrogens is 5. The number of hydrogen-bond donors (Lipinski definition) is 2. The summed E-state index contributed by atoms with van der Waals surface area (Å²) < 4.78 is 11.7. The summed E-state index contributed by atoms with van der Waals surface area (Å²) in [6, 6.07) is 17.7. The monoisotopic (exact) mass is 439 g/mol. The van der Waals surface area contributed by atoms with Crippen LogP contribution in [0.2, 0.25) is 0 Å². The second-order valence-electron chi connectivity index (χ2n) is 7.69. The first kappa shape index (κ1) is 19.4. The van der Waals surface area contributed by atoms with Gasteiger partial charge >= 0.3 is 0 Å². The molecule has 5 aromatic rings. The van der Waals surface area contributed by atoms with Gasteiger partial charge in [0, 0.05) is 43.2 Å². The number of morpholine rings is 1. The van der Waals surface area contributed by atoms with Crippen molar-refractivity contribution in [3.8, 4) is 22.6 Å². The Bertz CT molecular complexity index is 1380. The number of ether oxygens (including phenoxy) is 1. The minimum Gasteiger partial charge on any atom is -0.450 e.